The number of nitrogens with zero attached hydrogens (tertiary/aromatic N) is 6. The van der Waals surface area contributed by atoms with Crippen molar-refractivity contribution in [3.63, 3.8) is 0 Å². The Hall–Kier alpha value is -3.69. The summed E-state index contributed by atoms with van der Waals surface area (Å²) in [5, 5.41) is 12.0. The van der Waals surface area contributed by atoms with Crippen molar-refractivity contribution in [1.29, 1.82) is 0 Å². The molecule has 0 unspecified atom stereocenters. The van der Waals surface area contributed by atoms with Gasteiger partial charge in [0, 0.05) is 22.5 Å². The Bertz CT molecular complexity index is 1180. The van der Waals surface area contributed by atoms with Gasteiger partial charge in [-0.1, -0.05) is 0 Å². The van der Waals surface area contributed by atoms with Gasteiger partial charge >= 0.3 is 5.97 Å². The van der Waals surface area contributed by atoms with Gasteiger partial charge in [0.05, 0.1) is 6.42 Å². The van der Waals surface area contributed by atoms with E-state index in [9.17, 15) is 9.18 Å². The van der Waals surface area contributed by atoms with Crippen LogP contribution in [0.1, 0.15) is 35.9 Å². The number of carbonyl (C=O) groups is 1. The molecule has 0 spiro atoms. The number of esters is 1. The third-order valence-electron chi connectivity index (χ3n) is 4.50. The monoisotopic (exact) mass is 396 g/mol. The topological polar surface area (TPSA) is 108 Å². The summed E-state index contributed by atoms with van der Waals surface area (Å²) in [6.07, 6.45) is 0.685. The SMILES string of the molecule is Cc1nc2ncnn2c(C)c1CC(=O)O[C@@H](C)c1nnc(-c2ccc(F)cc2)o1. The summed E-state index contributed by atoms with van der Waals surface area (Å²) in [6.45, 7) is 5.29. The van der Waals surface area contributed by atoms with E-state index >= 15 is 0 Å². The second-order valence-electron chi connectivity index (χ2n) is 6.49. The van der Waals surface area contributed by atoms with Crippen LogP contribution >= 0.6 is 0 Å². The predicted octanol–water partition coefficient (Wildman–Crippen LogP) is 2.78. The maximum atomic E-state index is 13.0. The van der Waals surface area contributed by atoms with Gasteiger partial charge in [-0.2, -0.15) is 10.1 Å². The molecule has 0 aliphatic carbocycles. The zero-order valence-electron chi connectivity index (χ0n) is 16.0. The average molecular weight is 396 g/mol. The summed E-state index contributed by atoms with van der Waals surface area (Å²) in [6, 6.07) is 5.66. The van der Waals surface area contributed by atoms with Gasteiger partial charge in [0.15, 0.2) is 6.10 Å². The minimum absolute atomic E-state index is 0.0176. The predicted molar refractivity (Wildman–Crippen MR) is 98.2 cm³/mol. The molecule has 3 aromatic heterocycles. The van der Waals surface area contributed by atoms with Gasteiger partial charge in [-0.3, -0.25) is 4.79 Å². The molecule has 0 amide bonds. The molecule has 10 heteroatoms. The molecule has 3 heterocycles. The van der Waals surface area contributed by atoms with Gasteiger partial charge in [0.1, 0.15) is 12.1 Å². The molecule has 0 fully saturated rings. The summed E-state index contributed by atoms with van der Waals surface area (Å²) in [5.41, 5.74) is 2.75. The first-order valence-electron chi connectivity index (χ1n) is 8.87. The minimum Gasteiger partial charge on any atom is -0.452 e. The Kier molecular flexibility index (Phi) is 4.75. The number of hydrogen-bond acceptors (Lipinski definition) is 8. The van der Waals surface area contributed by atoms with Crippen molar-refractivity contribution in [2.75, 3.05) is 0 Å². The number of benzene rings is 1. The highest BCUT2D eigenvalue weighted by Gasteiger charge is 2.21. The summed E-state index contributed by atoms with van der Waals surface area (Å²) in [5.74, 6) is 0.0162. The Morgan fingerprint density at radius 1 is 1.24 bits per heavy atom. The molecule has 0 aliphatic heterocycles. The molecule has 29 heavy (non-hydrogen) atoms. The molecule has 9 nitrogen and oxygen atoms in total. The summed E-state index contributed by atoms with van der Waals surface area (Å²) < 4.78 is 25.6. The zero-order valence-corrected chi connectivity index (χ0v) is 16.0. The summed E-state index contributed by atoms with van der Waals surface area (Å²) in [4.78, 5) is 20.9. The Labute approximate surface area is 164 Å². The number of carbonyl (C=O) groups excluding carboxylic acids is 1. The second-order valence-corrected chi connectivity index (χ2v) is 6.49. The van der Waals surface area contributed by atoms with Crippen molar-refractivity contribution in [1.82, 2.24) is 29.8 Å². The molecule has 0 bridgehead atoms. The molecular formula is C19H17FN6O3. The van der Waals surface area contributed by atoms with Crippen molar-refractivity contribution in [2.24, 2.45) is 0 Å². The lowest BCUT2D eigenvalue weighted by molar-refractivity contribution is -0.148. The smallest absolute Gasteiger partial charge is 0.311 e. The van der Waals surface area contributed by atoms with E-state index in [2.05, 4.69) is 25.3 Å². The second kappa shape index (κ2) is 7.38. The first kappa shape index (κ1) is 18.7. The molecule has 0 saturated carbocycles. The van der Waals surface area contributed by atoms with Gasteiger partial charge in [0.25, 0.3) is 11.7 Å². The highest BCUT2D eigenvalue weighted by Crippen LogP contribution is 2.23. The molecule has 0 aliphatic rings. The van der Waals surface area contributed by atoms with E-state index in [1.165, 1.54) is 30.6 Å². The molecule has 0 saturated heterocycles. The van der Waals surface area contributed by atoms with Crippen LogP contribution < -0.4 is 0 Å². The first-order chi connectivity index (χ1) is 13.9. The van der Waals surface area contributed by atoms with Gasteiger partial charge in [-0.25, -0.2) is 13.9 Å². The van der Waals surface area contributed by atoms with Crippen LogP contribution in [0.15, 0.2) is 35.0 Å². The summed E-state index contributed by atoms with van der Waals surface area (Å²) in [7, 11) is 0. The number of rotatable bonds is 5. The van der Waals surface area contributed by atoms with E-state index in [1.54, 1.807) is 18.4 Å². The van der Waals surface area contributed by atoms with Crippen molar-refractivity contribution in [3.05, 3.63) is 59.3 Å². The van der Waals surface area contributed by atoms with E-state index in [0.29, 0.717) is 17.0 Å². The number of aromatic nitrogens is 6. The fourth-order valence-electron chi connectivity index (χ4n) is 2.95. The van der Waals surface area contributed by atoms with Crippen LogP contribution in [0.5, 0.6) is 0 Å². The quantitative estimate of drug-likeness (QED) is 0.474. The van der Waals surface area contributed by atoms with E-state index in [-0.39, 0.29) is 24.0 Å². The van der Waals surface area contributed by atoms with Crippen LogP contribution in [0.25, 0.3) is 17.2 Å². The molecule has 1 atom stereocenters. The highest BCUT2D eigenvalue weighted by molar-refractivity contribution is 5.73. The molecular weight excluding hydrogens is 379 g/mol. The lowest BCUT2D eigenvalue weighted by Gasteiger charge is -2.12. The fourth-order valence-corrected chi connectivity index (χ4v) is 2.95. The van der Waals surface area contributed by atoms with Crippen LogP contribution in [0.4, 0.5) is 4.39 Å². The third kappa shape index (κ3) is 3.68. The largest absolute Gasteiger partial charge is 0.452 e. The van der Waals surface area contributed by atoms with Crippen LogP contribution in [0, 0.1) is 19.7 Å². The van der Waals surface area contributed by atoms with Crippen molar-refractivity contribution >= 4 is 11.7 Å². The average Bonchev–Trinajstić information content (AvgIpc) is 3.35. The number of fused-ring (bicyclic) bond motifs is 1. The van der Waals surface area contributed by atoms with Gasteiger partial charge < -0.3 is 9.15 Å². The van der Waals surface area contributed by atoms with Gasteiger partial charge in [-0.15, -0.1) is 10.2 Å². The maximum Gasteiger partial charge on any atom is 0.311 e. The van der Waals surface area contributed by atoms with E-state index in [0.717, 1.165) is 11.3 Å². The molecule has 4 aromatic rings. The van der Waals surface area contributed by atoms with E-state index < -0.39 is 12.1 Å². The Morgan fingerprint density at radius 3 is 2.76 bits per heavy atom. The molecule has 1 aromatic carbocycles. The zero-order chi connectivity index (χ0) is 20.5. The first-order valence-corrected chi connectivity index (χ1v) is 8.87. The molecule has 0 N–H and O–H groups in total. The maximum absolute atomic E-state index is 13.0. The van der Waals surface area contributed by atoms with Crippen molar-refractivity contribution in [2.45, 2.75) is 33.3 Å². The number of hydrogen-bond donors (Lipinski definition) is 0. The number of aryl methyl sites for hydroxylation is 2. The van der Waals surface area contributed by atoms with Crippen LogP contribution in [-0.2, 0) is 16.0 Å². The van der Waals surface area contributed by atoms with Crippen molar-refractivity contribution in [3.8, 4) is 11.5 Å². The third-order valence-corrected chi connectivity index (χ3v) is 4.50. The van der Waals surface area contributed by atoms with Gasteiger partial charge in [-0.05, 0) is 45.0 Å². The van der Waals surface area contributed by atoms with E-state index in [1.807, 2.05) is 6.92 Å². The standard InChI is InChI=1S/C19H17FN6O3/c1-10-15(11(2)26-19(23-10)21-9-22-26)8-16(27)28-12(3)17-24-25-18(29-17)13-4-6-14(20)7-5-13/h4-7,9,12H,8H2,1-3H3/t12-/m0/s1. The lowest BCUT2D eigenvalue weighted by atomic mass is 10.1. The fraction of sp³-hybridized carbons (Fsp3) is 0.263. The van der Waals surface area contributed by atoms with Crippen LogP contribution in [-0.4, -0.2) is 35.7 Å². The lowest BCUT2D eigenvalue weighted by Crippen LogP contribution is -2.15. The highest BCUT2D eigenvalue weighted by atomic mass is 19.1. The van der Waals surface area contributed by atoms with Crippen molar-refractivity contribution < 1.29 is 18.3 Å². The molecule has 4 rings (SSSR count). The Morgan fingerprint density at radius 2 is 2.00 bits per heavy atom. The number of ether oxygens (including phenoxy) is 1. The summed E-state index contributed by atoms with van der Waals surface area (Å²) >= 11 is 0. The minimum atomic E-state index is -0.743. The van der Waals surface area contributed by atoms with E-state index in [4.69, 9.17) is 9.15 Å². The van der Waals surface area contributed by atoms with Gasteiger partial charge in [0.2, 0.25) is 5.89 Å². The molecule has 148 valence electrons. The van der Waals surface area contributed by atoms with Crippen LogP contribution in [0.2, 0.25) is 0 Å². The normalized spacial score (nSPS) is 12.3. The molecule has 0 radical (unpaired) electrons. The van der Waals surface area contributed by atoms with Crippen LogP contribution in [0.3, 0.4) is 0 Å². The Balaban J connectivity index is 1.47. The number of halogens is 1.